The molecule has 6 heteroatoms. The molecule has 0 radical (unpaired) electrons. The van der Waals surface area contributed by atoms with Gasteiger partial charge in [-0.25, -0.2) is 9.82 Å². The number of rotatable bonds is 4. The topological polar surface area (TPSA) is 47.3 Å². The standard InChI is InChI=1S/C12H12BrFN2OS/c1-17-9-3-2-7(14)6-8(9)12(16-15)10-4-5-11(13)18-10/h2-6,12,16H,15H2,1H3. The third-order valence-corrected chi connectivity index (χ3v) is 4.24. The molecule has 0 bridgehead atoms. The van der Waals surface area contributed by atoms with Gasteiger partial charge in [0.15, 0.2) is 0 Å². The van der Waals surface area contributed by atoms with Gasteiger partial charge in [0.25, 0.3) is 0 Å². The van der Waals surface area contributed by atoms with Crippen molar-refractivity contribution >= 4 is 27.3 Å². The number of hydrogen-bond donors (Lipinski definition) is 2. The summed E-state index contributed by atoms with van der Waals surface area (Å²) in [7, 11) is 1.55. The molecule has 1 atom stereocenters. The molecule has 0 saturated carbocycles. The molecule has 1 aromatic heterocycles. The Morgan fingerprint density at radius 2 is 2.17 bits per heavy atom. The highest BCUT2D eigenvalue weighted by Gasteiger charge is 2.19. The molecule has 96 valence electrons. The van der Waals surface area contributed by atoms with Gasteiger partial charge in [-0.15, -0.1) is 11.3 Å². The quantitative estimate of drug-likeness (QED) is 0.668. The Labute approximate surface area is 117 Å². The van der Waals surface area contributed by atoms with E-state index in [4.69, 9.17) is 10.6 Å². The van der Waals surface area contributed by atoms with E-state index in [1.807, 2.05) is 12.1 Å². The summed E-state index contributed by atoms with van der Waals surface area (Å²) in [5, 5.41) is 0. The normalized spacial score (nSPS) is 12.4. The van der Waals surface area contributed by atoms with E-state index in [0.29, 0.717) is 11.3 Å². The summed E-state index contributed by atoms with van der Waals surface area (Å²) in [5.41, 5.74) is 3.37. The van der Waals surface area contributed by atoms with Crippen molar-refractivity contribution in [3.8, 4) is 5.75 Å². The zero-order valence-electron chi connectivity index (χ0n) is 9.61. The number of halogens is 2. The lowest BCUT2D eigenvalue weighted by molar-refractivity contribution is 0.403. The van der Waals surface area contributed by atoms with Gasteiger partial charge in [-0.2, -0.15) is 0 Å². The van der Waals surface area contributed by atoms with Crippen LogP contribution in [0.25, 0.3) is 0 Å². The van der Waals surface area contributed by atoms with Gasteiger partial charge in [0.1, 0.15) is 11.6 Å². The fraction of sp³-hybridized carbons (Fsp3) is 0.167. The van der Waals surface area contributed by atoms with E-state index >= 15 is 0 Å². The van der Waals surface area contributed by atoms with E-state index in [1.54, 1.807) is 13.2 Å². The number of benzene rings is 1. The fourth-order valence-corrected chi connectivity index (χ4v) is 3.24. The largest absolute Gasteiger partial charge is 0.496 e. The van der Waals surface area contributed by atoms with Crippen molar-refractivity contribution in [3.63, 3.8) is 0 Å². The number of nitrogens with two attached hydrogens (primary N) is 1. The maximum absolute atomic E-state index is 13.4. The van der Waals surface area contributed by atoms with Gasteiger partial charge < -0.3 is 4.74 Å². The lowest BCUT2D eigenvalue weighted by atomic mass is 10.0. The Balaban J connectivity index is 2.47. The van der Waals surface area contributed by atoms with Gasteiger partial charge >= 0.3 is 0 Å². The van der Waals surface area contributed by atoms with E-state index in [9.17, 15) is 4.39 Å². The van der Waals surface area contributed by atoms with E-state index in [0.717, 1.165) is 8.66 Å². The smallest absolute Gasteiger partial charge is 0.124 e. The van der Waals surface area contributed by atoms with E-state index in [1.165, 1.54) is 23.5 Å². The molecule has 2 aromatic rings. The molecule has 0 saturated heterocycles. The highest BCUT2D eigenvalue weighted by atomic mass is 79.9. The number of nitrogens with one attached hydrogen (secondary N) is 1. The number of hydrogen-bond acceptors (Lipinski definition) is 4. The van der Waals surface area contributed by atoms with Crippen molar-refractivity contribution < 1.29 is 9.13 Å². The average molecular weight is 331 g/mol. The van der Waals surface area contributed by atoms with Gasteiger partial charge in [-0.3, -0.25) is 5.84 Å². The SMILES string of the molecule is COc1ccc(F)cc1C(NN)c1ccc(Br)s1. The second-order valence-electron chi connectivity index (χ2n) is 3.63. The summed E-state index contributed by atoms with van der Waals surface area (Å²) >= 11 is 4.93. The molecule has 1 unspecified atom stereocenters. The summed E-state index contributed by atoms with van der Waals surface area (Å²) < 4.78 is 19.6. The monoisotopic (exact) mass is 330 g/mol. The van der Waals surface area contributed by atoms with Crippen LogP contribution in [0.4, 0.5) is 4.39 Å². The molecule has 3 N–H and O–H groups in total. The highest BCUT2D eigenvalue weighted by molar-refractivity contribution is 9.11. The van der Waals surface area contributed by atoms with Crippen molar-refractivity contribution in [1.82, 2.24) is 5.43 Å². The highest BCUT2D eigenvalue weighted by Crippen LogP contribution is 2.35. The summed E-state index contributed by atoms with van der Waals surface area (Å²) in [5.74, 6) is 5.87. The molecule has 2 rings (SSSR count). The Morgan fingerprint density at radius 3 is 2.72 bits per heavy atom. The first-order valence-electron chi connectivity index (χ1n) is 5.20. The maximum atomic E-state index is 13.4. The fourth-order valence-electron chi connectivity index (χ4n) is 1.74. The van der Waals surface area contributed by atoms with Crippen LogP contribution < -0.4 is 16.0 Å². The predicted molar refractivity (Wildman–Crippen MR) is 74.1 cm³/mol. The molecule has 0 aliphatic rings. The van der Waals surface area contributed by atoms with Gasteiger partial charge in [-0.05, 0) is 46.3 Å². The Kier molecular flexibility index (Phi) is 4.34. The van der Waals surface area contributed by atoms with Crippen LogP contribution >= 0.6 is 27.3 Å². The zero-order chi connectivity index (χ0) is 13.1. The molecule has 0 fully saturated rings. The van der Waals surface area contributed by atoms with Crippen LogP contribution in [0, 0.1) is 5.82 Å². The van der Waals surface area contributed by atoms with Crippen LogP contribution in [0.15, 0.2) is 34.1 Å². The molecule has 0 aliphatic carbocycles. The first kappa shape index (κ1) is 13.5. The Hall–Kier alpha value is -0.950. The molecular formula is C12H12BrFN2OS. The van der Waals surface area contributed by atoms with Crippen LogP contribution in [0.3, 0.4) is 0 Å². The van der Waals surface area contributed by atoms with Crippen LogP contribution in [0.1, 0.15) is 16.5 Å². The summed E-state index contributed by atoms with van der Waals surface area (Å²) in [4.78, 5) is 0.980. The van der Waals surface area contributed by atoms with Crippen molar-refractivity contribution in [2.24, 2.45) is 5.84 Å². The Bertz CT molecular complexity index is 547. The van der Waals surface area contributed by atoms with Gasteiger partial charge in [0.2, 0.25) is 0 Å². The average Bonchev–Trinajstić information content (AvgIpc) is 2.77. The van der Waals surface area contributed by atoms with Crippen LogP contribution in [-0.4, -0.2) is 7.11 Å². The molecule has 1 aromatic carbocycles. The summed E-state index contributed by atoms with van der Waals surface area (Å²) in [6, 6.07) is 7.95. The minimum Gasteiger partial charge on any atom is -0.496 e. The van der Waals surface area contributed by atoms with Crippen LogP contribution in [0.2, 0.25) is 0 Å². The first-order chi connectivity index (χ1) is 8.65. The van der Waals surface area contributed by atoms with E-state index < -0.39 is 0 Å². The van der Waals surface area contributed by atoms with Crippen LogP contribution in [0.5, 0.6) is 5.75 Å². The summed E-state index contributed by atoms with van der Waals surface area (Å²) in [6.45, 7) is 0. The van der Waals surface area contributed by atoms with E-state index in [-0.39, 0.29) is 11.9 Å². The minimum absolute atomic E-state index is 0.299. The van der Waals surface area contributed by atoms with E-state index in [2.05, 4.69) is 21.4 Å². The lowest BCUT2D eigenvalue weighted by Gasteiger charge is -2.17. The number of methoxy groups -OCH3 is 1. The second kappa shape index (κ2) is 5.79. The maximum Gasteiger partial charge on any atom is 0.124 e. The van der Waals surface area contributed by atoms with Crippen molar-refractivity contribution in [2.45, 2.75) is 6.04 Å². The lowest BCUT2D eigenvalue weighted by Crippen LogP contribution is -2.28. The van der Waals surface area contributed by atoms with Gasteiger partial charge in [0, 0.05) is 10.4 Å². The number of ether oxygens (including phenoxy) is 1. The number of thiophene rings is 1. The van der Waals surface area contributed by atoms with Gasteiger partial charge in [0.05, 0.1) is 16.9 Å². The molecule has 0 spiro atoms. The van der Waals surface area contributed by atoms with Crippen molar-refractivity contribution in [3.05, 3.63) is 50.4 Å². The number of hydrazine groups is 1. The van der Waals surface area contributed by atoms with Crippen LogP contribution in [-0.2, 0) is 0 Å². The summed E-state index contributed by atoms with van der Waals surface area (Å²) in [6.07, 6.45) is 0. The Morgan fingerprint density at radius 1 is 1.39 bits per heavy atom. The zero-order valence-corrected chi connectivity index (χ0v) is 12.0. The molecular weight excluding hydrogens is 319 g/mol. The molecule has 0 aliphatic heterocycles. The van der Waals surface area contributed by atoms with Crippen molar-refractivity contribution in [1.29, 1.82) is 0 Å². The third-order valence-electron chi connectivity index (χ3n) is 2.55. The van der Waals surface area contributed by atoms with Gasteiger partial charge in [-0.1, -0.05) is 0 Å². The van der Waals surface area contributed by atoms with Crippen molar-refractivity contribution in [2.75, 3.05) is 7.11 Å². The first-order valence-corrected chi connectivity index (χ1v) is 6.81. The predicted octanol–water partition coefficient (Wildman–Crippen LogP) is 3.21. The molecule has 1 heterocycles. The molecule has 18 heavy (non-hydrogen) atoms. The third kappa shape index (κ3) is 2.72. The minimum atomic E-state index is -0.318. The molecule has 0 amide bonds. The second-order valence-corrected chi connectivity index (χ2v) is 6.12. The molecule has 3 nitrogen and oxygen atoms in total.